The number of rotatable bonds is 4. The van der Waals surface area contributed by atoms with E-state index in [-0.39, 0.29) is 29.9 Å². The highest BCUT2D eigenvalue weighted by atomic mass is 19.1. The van der Waals surface area contributed by atoms with Crippen LogP contribution in [0.25, 0.3) is 11.8 Å². The van der Waals surface area contributed by atoms with Gasteiger partial charge in [-0.25, -0.2) is 9.37 Å². The summed E-state index contributed by atoms with van der Waals surface area (Å²) in [7, 11) is 1.92. The lowest BCUT2D eigenvalue weighted by molar-refractivity contribution is -0.131. The Bertz CT molecular complexity index is 1460. The van der Waals surface area contributed by atoms with Crippen LogP contribution < -0.4 is 0 Å². The third kappa shape index (κ3) is 3.69. The largest absolute Gasteiger partial charge is 0.394 e. The first-order valence-electron chi connectivity index (χ1n) is 13.3. The zero-order chi connectivity index (χ0) is 26.0. The molecule has 7 nitrogen and oxygen atoms in total. The Morgan fingerprint density at radius 1 is 1.13 bits per heavy atom. The molecule has 4 heterocycles. The predicted octanol–water partition coefficient (Wildman–Crippen LogP) is 3.89. The van der Waals surface area contributed by atoms with E-state index in [1.54, 1.807) is 0 Å². The van der Waals surface area contributed by atoms with Crippen molar-refractivity contribution in [2.24, 2.45) is 10.5 Å². The molecule has 1 spiro atoms. The van der Waals surface area contributed by atoms with Crippen molar-refractivity contribution in [3.63, 3.8) is 0 Å². The minimum atomic E-state index is -0.262. The van der Waals surface area contributed by atoms with Crippen LogP contribution in [0, 0.1) is 18.2 Å². The van der Waals surface area contributed by atoms with Gasteiger partial charge in [0.05, 0.1) is 43.9 Å². The number of likely N-dealkylation sites (N-methyl/N-ethyl adjacent to an activating group) is 1. The molecule has 2 atom stereocenters. The number of aromatic nitrogens is 2. The lowest BCUT2D eigenvalue weighted by Gasteiger charge is -2.55. The number of amidine groups is 1. The molecule has 3 aromatic rings. The summed E-state index contributed by atoms with van der Waals surface area (Å²) in [6, 6.07) is 10.7. The van der Waals surface area contributed by atoms with Gasteiger partial charge in [-0.3, -0.25) is 5.01 Å². The summed E-state index contributed by atoms with van der Waals surface area (Å²) in [5.41, 5.74) is 8.42. The van der Waals surface area contributed by atoms with Crippen molar-refractivity contribution in [3.8, 4) is 5.69 Å². The molecule has 38 heavy (non-hydrogen) atoms. The number of fused-ring (bicyclic) bond motifs is 2. The molecule has 1 aliphatic carbocycles. The number of nitrogens with zero attached hydrogens (tertiary/aromatic N) is 5. The van der Waals surface area contributed by atoms with Crippen LogP contribution in [0.3, 0.4) is 0 Å². The predicted molar refractivity (Wildman–Crippen MR) is 143 cm³/mol. The zero-order valence-electron chi connectivity index (χ0n) is 21.8. The minimum absolute atomic E-state index is 0.0143. The molecule has 0 bridgehead atoms. The number of hydrogen-bond acceptors (Lipinski definition) is 6. The highest BCUT2D eigenvalue weighted by Crippen LogP contribution is 2.46. The zero-order valence-corrected chi connectivity index (χ0v) is 21.8. The highest BCUT2D eigenvalue weighted by Gasteiger charge is 2.51. The van der Waals surface area contributed by atoms with E-state index in [9.17, 15) is 9.50 Å². The first-order chi connectivity index (χ1) is 18.4. The van der Waals surface area contributed by atoms with E-state index in [1.165, 1.54) is 40.1 Å². The normalized spacial score (nSPS) is 24.5. The number of aliphatic hydroxyl groups excluding tert-OH is 1. The molecule has 4 aliphatic rings. The monoisotopic (exact) mass is 513 g/mol. The summed E-state index contributed by atoms with van der Waals surface area (Å²) >= 11 is 0. The van der Waals surface area contributed by atoms with Crippen molar-refractivity contribution in [1.82, 2.24) is 19.5 Å². The Morgan fingerprint density at radius 3 is 2.55 bits per heavy atom. The van der Waals surface area contributed by atoms with Crippen molar-refractivity contribution in [3.05, 3.63) is 88.3 Å². The lowest BCUT2D eigenvalue weighted by Crippen LogP contribution is -2.62. The van der Waals surface area contributed by atoms with Crippen LogP contribution in [-0.4, -0.2) is 69.9 Å². The van der Waals surface area contributed by atoms with Gasteiger partial charge in [0.2, 0.25) is 0 Å². The molecule has 196 valence electrons. The van der Waals surface area contributed by atoms with Crippen molar-refractivity contribution >= 4 is 11.9 Å². The fraction of sp³-hybridized carbons (Fsp3) is 0.400. The molecule has 2 unspecified atom stereocenters. The second-order valence-electron chi connectivity index (χ2n) is 11.3. The second-order valence-corrected chi connectivity index (χ2v) is 11.3. The number of ether oxygens (including phenoxy) is 1. The lowest BCUT2D eigenvalue weighted by atomic mass is 9.73. The SMILES string of the molecule is Cc1cn(-c2ccc(/C=C3\CC4(COC4)CN4C3=NN(C)C(CO)C4c3ccc(F)cc3)c3c2CC3)cn1. The Morgan fingerprint density at radius 2 is 1.92 bits per heavy atom. The van der Waals surface area contributed by atoms with Crippen LogP contribution in [0.15, 0.2) is 59.6 Å². The topological polar surface area (TPSA) is 66.1 Å². The first kappa shape index (κ1) is 23.6. The quantitative estimate of drug-likeness (QED) is 0.574. The summed E-state index contributed by atoms with van der Waals surface area (Å²) in [6.45, 7) is 4.18. The van der Waals surface area contributed by atoms with E-state index < -0.39 is 0 Å². The Balaban J connectivity index is 1.32. The van der Waals surface area contributed by atoms with Gasteiger partial charge < -0.3 is 19.3 Å². The molecule has 0 amide bonds. The summed E-state index contributed by atoms with van der Waals surface area (Å²) in [5.74, 6) is 0.675. The summed E-state index contributed by atoms with van der Waals surface area (Å²) < 4.78 is 21.7. The first-order valence-corrected chi connectivity index (χ1v) is 13.3. The van der Waals surface area contributed by atoms with E-state index in [1.807, 2.05) is 37.4 Å². The van der Waals surface area contributed by atoms with Crippen LogP contribution >= 0.6 is 0 Å². The molecule has 2 aromatic carbocycles. The number of piperidine rings is 1. The minimum Gasteiger partial charge on any atom is -0.394 e. The second kappa shape index (κ2) is 8.78. The van der Waals surface area contributed by atoms with Gasteiger partial charge in [-0.2, -0.15) is 5.10 Å². The van der Waals surface area contributed by atoms with E-state index in [0.29, 0.717) is 13.2 Å². The Kier molecular flexibility index (Phi) is 5.46. The number of halogens is 1. The smallest absolute Gasteiger partial charge is 0.152 e. The third-order valence-corrected chi connectivity index (χ3v) is 8.67. The average Bonchev–Trinajstić information content (AvgIpc) is 3.30. The van der Waals surface area contributed by atoms with Crippen molar-refractivity contribution in [1.29, 1.82) is 0 Å². The van der Waals surface area contributed by atoms with Gasteiger partial charge >= 0.3 is 0 Å². The van der Waals surface area contributed by atoms with Gasteiger partial charge in [0.15, 0.2) is 5.84 Å². The molecule has 7 rings (SSSR count). The summed E-state index contributed by atoms with van der Waals surface area (Å²) in [6.07, 6.45) is 9.31. The summed E-state index contributed by atoms with van der Waals surface area (Å²) in [4.78, 5) is 6.75. The molecule has 1 N–H and O–H groups in total. The molecular weight excluding hydrogens is 481 g/mol. The molecular formula is C30H32FN5O2. The number of imidazole rings is 1. The summed E-state index contributed by atoms with van der Waals surface area (Å²) in [5, 5.41) is 17.3. The van der Waals surface area contributed by atoms with Gasteiger partial charge in [0, 0.05) is 30.9 Å². The number of aliphatic hydroxyl groups is 1. The van der Waals surface area contributed by atoms with E-state index in [4.69, 9.17) is 9.84 Å². The van der Waals surface area contributed by atoms with Crippen molar-refractivity contribution < 1.29 is 14.2 Å². The number of hydrogen-bond donors (Lipinski definition) is 1. The van der Waals surface area contributed by atoms with Crippen LogP contribution in [0.1, 0.15) is 40.4 Å². The van der Waals surface area contributed by atoms with Gasteiger partial charge in [-0.15, -0.1) is 0 Å². The average molecular weight is 514 g/mol. The number of benzene rings is 2. The molecule has 0 radical (unpaired) electrons. The van der Waals surface area contributed by atoms with Crippen LogP contribution in [0.2, 0.25) is 0 Å². The number of hydrazone groups is 1. The highest BCUT2D eigenvalue weighted by molar-refractivity contribution is 6.03. The maximum Gasteiger partial charge on any atom is 0.152 e. The van der Waals surface area contributed by atoms with Crippen molar-refractivity contribution in [2.75, 3.05) is 33.4 Å². The van der Waals surface area contributed by atoms with Crippen LogP contribution in [0.5, 0.6) is 0 Å². The maximum absolute atomic E-state index is 13.8. The standard InChI is InChI=1S/C30H32FN5O2/c1-19-13-35(18-32-19)26-10-5-21(24-8-9-25(24)26)11-22-12-30(16-38-17-30)15-36-28(20-3-6-23(31)7-4-20)27(14-37)34(2)33-29(22)36/h3-7,10-11,13,18,27-28,37H,8-9,12,14-17H2,1-2H3/b22-11+. The van der Waals surface area contributed by atoms with Gasteiger partial charge in [-0.05, 0) is 78.3 Å². The van der Waals surface area contributed by atoms with Crippen LogP contribution in [-0.2, 0) is 17.6 Å². The maximum atomic E-state index is 13.8. The molecule has 3 aliphatic heterocycles. The van der Waals surface area contributed by atoms with Crippen LogP contribution in [0.4, 0.5) is 4.39 Å². The third-order valence-electron chi connectivity index (χ3n) is 8.67. The molecule has 2 fully saturated rings. The van der Waals surface area contributed by atoms with Crippen molar-refractivity contribution in [2.45, 2.75) is 38.3 Å². The van der Waals surface area contributed by atoms with E-state index in [2.05, 4.69) is 38.9 Å². The Labute approximate surface area is 221 Å². The molecule has 2 saturated heterocycles. The molecule has 8 heteroatoms. The van der Waals surface area contributed by atoms with E-state index in [0.717, 1.165) is 42.9 Å². The van der Waals surface area contributed by atoms with Gasteiger partial charge in [0.25, 0.3) is 0 Å². The fourth-order valence-corrected chi connectivity index (χ4v) is 6.59. The fourth-order valence-electron chi connectivity index (χ4n) is 6.59. The number of aryl methyl sites for hydroxylation is 1. The molecule has 0 saturated carbocycles. The van der Waals surface area contributed by atoms with Gasteiger partial charge in [-0.1, -0.05) is 18.2 Å². The Hall–Kier alpha value is -3.49. The van der Waals surface area contributed by atoms with E-state index >= 15 is 0 Å². The van der Waals surface area contributed by atoms with Gasteiger partial charge in [0.1, 0.15) is 5.82 Å². The molecule has 1 aromatic heterocycles.